The summed E-state index contributed by atoms with van der Waals surface area (Å²) in [5.74, 6) is 1.29. The topological polar surface area (TPSA) is 58.9 Å². The van der Waals surface area contributed by atoms with Crippen LogP contribution in [-0.2, 0) is 0 Å². The number of hydrogen-bond donors (Lipinski definition) is 2. The summed E-state index contributed by atoms with van der Waals surface area (Å²) in [6.07, 6.45) is 19.4. The molecule has 184 valence electrons. The Morgan fingerprint density at radius 3 is 1.46 bits per heavy atom. The molecule has 0 aliphatic heterocycles. The van der Waals surface area contributed by atoms with Crippen LogP contribution >= 0.6 is 0 Å². The molecule has 0 saturated heterocycles. The number of methoxy groups -OCH3 is 2. The van der Waals surface area contributed by atoms with Gasteiger partial charge in [0.05, 0.1) is 14.2 Å². The van der Waals surface area contributed by atoms with E-state index in [2.05, 4.69) is 24.3 Å². The molecule has 2 aromatic rings. The summed E-state index contributed by atoms with van der Waals surface area (Å²) in [7, 11) is 3.15. The monoisotopic (exact) mass is 472 g/mol. The number of phenols is 2. The van der Waals surface area contributed by atoms with Gasteiger partial charge in [-0.05, 0) is 104 Å². The SMILES string of the molecule is COc1cc(/C=C/C(CC(/C=C/c2ccc(O)c(OC)c2)=C2CCCC2)=C2CCCC2)ccc1O. The second-order valence-corrected chi connectivity index (χ2v) is 9.38. The van der Waals surface area contributed by atoms with Crippen molar-refractivity contribution < 1.29 is 19.7 Å². The number of rotatable bonds is 8. The molecule has 0 radical (unpaired) electrons. The van der Waals surface area contributed by atoms with E-state index < -0.39 is 0 Å². The quantitative estimate of drug-likeness (QED) is 0.409. The van der Waals surface area contributed by atoms with Crippen LogP contribution in [0.5, 0.6) is 23.0 Å². The highest BCUT2D eigenvalue weighted by Gasteiger charge is 2.16. The molecule has 0 spiro atoms. The molecule has 0 heterocycles. The lowest BCUT2D eigenvalue weighted by Crippen LogP contribution is -1.93. The Morgan fingerprint density at radius 1 is 0.686 bits per heavy atom. The molecular formula is C31H36O4. The van der Waals surface area contributed by atoms with Gasteiger partial charge in [-0.3, -0.25) is 0 Å². The lowest BCUT2D eigenvalue weighted by atomic mass is 9.93. The van der Waals surface area contributed by atoms with Gasteiger partial charge in [-0.1, -0.05) is 47.6 Å². The summed E-state index contributed by atoms with van der Waals surface area (Å²) < 4.78 is 10.6. The Balaban J connectivity index is 1.64. The van der Waals surface area contributed by atoms with Gasteiger partial charge in [-0.15, -0.1) is 0 Å². The van der Waals surface area contributed by atoms with Crippen molar-refractivity contribution in [1.82, 2.24) is 0 Å². The second-order valence-electron chi connectivity index (χ2n) is 9.38. The highest BCUT2D eigenvalue weighted by Crippen LogP contribution is 2.36. The van der Waals surface area contributed by atoms with Gasteiger partial charge < -0.3 is 19.7 Å². The minimum absolute atomic E-state index is 0.156. The summed E-state index contributed by atoms with van der Waals surface area (Å²) in [5.41, 5.74) is 7.94. The standard InChI is InChI=1S/C31H36O4/c1-34-30-19-22(13-17-28(30)32)11-15-26(24-7-3-4-8-24)21-27(25-9-5-6-10-25)16-12-23-14-18-29(33)31(20-23)35-2/h11-20,32-33H,3-10,21H2,1-2H3/b15-11+,16-12+. The molecule has 35 heavy (non-hydrogen) atoms. The third kappa shape index (κ3) is 6.39. The summed E-state index contributed by atoms with van der Waals surface area (Å²) >= 11 is 0. The molecule has 2 fully saturated rings. The van der Waals surface area contributed by atoms with E-state index in [0.717, 1.165) is 17.5 Å². The van der Waals surface area contributed by atoms with Crippen LogP contribution in [0.3, 0.4) is 0 Å². The first-order valence-corrected chi connectivity index (χ1v) is 12.6. The fourth-order valence-corrected chi connectivity index (χ4v) is 5.04. The third-order valence-electron chi connectivity index (χ3n) is 7.06. The van der Waals surface area contributed by atoms with E-state index in [1.165, 1.54) is 62.5 Å². The smallest absolute Gasteiger partial charge is 0.161 e. The van der Waals surface area contributed by atoms with E-state index in [1.54, 1.807) is 37.5 Å². The fraction of sp³-hybridized carbons (Fsp3) is 0.355. The second kappa shape index (κ2) is 11.8. The Hall–Kier alpha value is -3.40. The van der Waals surface area contributed by atoms with Crippen LogP contribution in [0.1, 0.15) is 68.9 Å². The maximum Gasteiger partial charge on any atom is 0.161 e. The Labute approximate surface area is 208 Å². The van der Waals surface area contributed by atoms with E-state index in [9.17, 15) is 10.2 Å². The van der Waals surface area contributed by atoms with E-state index in [-0.39, 0.29) is 11.5 Å². The lowest BCUT2D eigenvalue weighted by molar-refractivity contribution is 0.373. The first kappa shape index (κ1) is 24.7. The summed E-state index contributed by atoms with van der Waals surface area (Å²) in [4.78, 5) is 0. The number of benzene rings is 2. The number of allylic oxidation sites excluding steroid dienone is 6. The number of phenolic OH excluding ortho intramolecular Hbond substituents is 2. The first-order chi connectivity index (χ1) is 17.1. The van der Waals surface area contributed by atoms with Crippen LogP contribution < -0.4 is 9.47 Å². The molecule has 0 atom stereocenters. The average molecular weight is 473 g/mol. The maximum atomic E-state index is 9.93. The van der Waals surface area contributed by atoms with E-state index >= 15 is 0 Å². The van der Waals surface area contributed by atoms with Gasteiger partial charge in [0.25, 0.3) is 0 Å². The van der Waals surface area contributed by atoms with E-state index in [4.69, 9.17) is 9.47 Å². The maximum absolute atomic E-state index is 9.93. The fourth-order valence-electron chi connectivity index (χ4n) is 5.04. The normalized spacial score (nSPS) is 15.9. The molecule has 2 saturated carbocycles. The van der Waals surface area contributed by atoms with Gasteiger partial charge in [0.2, 0.25) is 0 Å². The number of ether oxygens (including phenoxy) is 2. The van der Waals surface area contributed by atoms with Crippen LogP contribution in [0.25, 0.3) is 12.2 Å². The first-order valence-electron chi connectivity index (χ1n) is 12.6. The van der Waals surface area contributed by atoms with Crippen LogP contribution in [0.2, 0.25) is 0 Å². The van der Waals surface area contributed by atoms with E-state index in [1.807, 2.05) is 24.3 Å². The molecule has 4 rings (SSSR count). The minimum Gasteiger partial charge on any atom is -0.504 e. The minimum atomic E-state index is 0.156. The van der Waals surface area contributed by atoms with Crippen LogP contribution in [0.15, 0.2) is 70.8 Å². The zero-order valence-electron chi connectivity index (χ0n) is 20.8. The lowest BCUT2D eigenvalue weighted by Gasteiger charge is -2.13. The molecule has 2 aromatic carbocycles. The number of hydrogen-bond acceptors (Lipinski definition) is 4. The molecule has 2 aliphatic rings. The Kier molecular flexibility index (Phi) is 8.36. The molecule has 0 amide bonds. The highest BCUT2D eigenvalue weighted by atomic mass is 16.5. The van der Waals surface area contributed by atoms with Crippen molar-refractivity contribution in [2.75, 3.05) is 14.2 Å². The zero-order valence-corrected chi connectivity index (χ0v) is 20.8. The van der Waals surface area contributed by atoms with Crippen molar-refractivity contribution in [2.45, 2.75) is 57.8 Å². The van der Waals surface area contributed by atoms with Gasteiger partial charge >= 0.3 is 0 Å². The Bertz CT molecular complexity index is 1060. The summed E-state index contributed by atoms with van der Waals surface area (Å²) in [6.45, 7) is 0. The molecule has 0 aromatic heterocycles. The third-order valence-corrected chi connectivity index (χ3v) is 7.06. The van der Waals surface area contributed by atoms with Crippen molar-refractivity contribution in [2.24, 2.45) is 0 Å². The van der Waals surface area contributed by atoms with Crippen molar-refractivity contribution in [1.29, 1.82) is 0 Å². The summed E-state index contributed by atoms with van der Waals surface area (Å²) in [6, 6.07) is 10.9. The molecule has 2 aliphatic carbocycles. The molecule has 0 bridgehead atoms. The predicted octanol–water partition coefficient (Wildman–Crippen LogP) is 7.97. The van der Waals surface area contributed by atoms with Gasteiger partial charge in [0.15, 0.2) is 23.0 Å². The highest BCUT2D eigenvalue weighted by molar-refractivity contribution is 5.61. The molecule has 4 heteroatoms. The largest absolute Gasteiger partial charge is 0.504 e. The van der Waals surface area contributed by atoms with Gasteiger partial charge in [-0.25, -0.2) is 0 Å². The molecule has 4 nitrogen and oxygen atoms in total. The Morgan fingerprint density at radius 2 is 1.09 bits per heavy atom. The van der Waals surface area contributed by atoms with Gasteiger partial charge in [0.1, 0.15) is 0 Å². The van der Waals surface area contributed by atoms with E-state index in [0.29, 0.717) is 11.5 Å². The number of aromatic hydroxyl groups is 2. The average Bonchev–Trinajstić information content (AvgIpc) is 3.60. The predicted molar refractivity (Wildman–Crippen MR) is 143 cm³/mol. The van der Waals surface area contributed by atoms with Crippen LogP contribution in [-0.4, -0.2) is 24.4 Å². The summed E-state index contributed by atoms with van der Waals surface area (Å²) in [5, 5.41) is 19.9. The van der Waals surface area contributed by atoms with Gasteiger partial charge in [-0.2, -0.15) is 0 Å². The van der Waals surface area contributed by atoms with Crippen LogP contribution in [0, 0.1) is 0 Å². The molecular weight excluding hydrogens is 436 g/mol. The van der Waals surface area contributed by atoms with Crippen LogP contribution in [0.4, 0.5) is 0 Å². The van der Waals surface area contributed by atoms with Crippen molar-refractivity contribution in [3.8, 4) is 23.0 Å². The van der Waals surface area contributed by atoms with Crippen molar-refractivity contribution in [3.05, 3.63) is 82.0 Å². The molecule has 2 N–H and O–H groups in total. The van der Waals surface area contributed by atoms with Gasteiger partial charge in [0, 0.05) is 0 Å². The van der Waals surface area contributed by atoms with Crippen molar-refractivity contribution in [3.63, 3.8) is 0 Å². The van der Waals surface area contributed by atoms with Crippen molar-refractivity contribution >= 4 is 12.2 Å². The zero-order chi connectivity index (χ0) is 24.6. The molecule has 0 unspecified atom stereocenters.